The number of rotatable bonds is 5. The molecule has 0 saturated carbocycles. The highest BCUT2D eigenvalue weighted by atomic mass is 35.5. The summed E-state index contributed by atoms with van der Waals surface area (Å²) in [6, 6.07) is 6.54. The Morgan fingerprint density at radius 2 is 2.00 bits per heavy atom. The monoisotopic (exact) mass is 258 g/mol. The van der Waals surface area contributed by atoms with E-state index in [-0.39, 0.29) is 5.56 Å². The number of carbonyl (C=O) groups is 1. The van der Waals surface area contributed by atoms with Crippen LogP contribution in [0.25, 0.3) is 0 Å². The van der Waals surface area contributed by atoms with Crippen molar-refractivity contribution in [2.75, 3.05) is 0 Å². The van der Waals surface area contributed by atoms with Gasteiger partial charge >= 0.3 is 5.97 Å². The zero-order valence-electron chi connectivity index (χ0n) is 9.47. The number of hydrogen-bond donors (Lipinski definition) is 2. The Balaban J connectivity index is 2.85. The molecule has 0 heterocycles. The normalized spacial score (nSPS) is 14.1. The summed E-state index contributed by atoms with van der Waals surface area (Å²) in [5.74, 6) is -0.696. The van der Waals surface area contributed by atoms with Gasteiger partial charge in [-0.25, -0.2) is 4.79 Å². The fourth-order valence-corrected chi connectivity index (χ4v) is 1.65. The summed E-state index contributed by atoms with van der Waals surface area (Å²) in [5, 5.41) is 19.1. The molecule has 94 valence electrons. The van der Waals surface area contributed by atoms with Crippen LogP contribution in [0.2, 0.25) is 0 Å². The second-order valence-electron chi connectivity index (χ2n) is 3.89. The smallest absolute Gasteiger partial charge is 0.356 e. The third-order valence-electron chi connectivity index (χ3n) is 2.47. The van der Waals surface area contributed by atoms with Crippen molar-refractivity contribution in [3.63, 3.8) is 0 Å². The fraction of sp³-hybridized carbons (Fsp3) is 0.417. The lowest BCUT2D eigenvalue weighted by molar-refractivity contribution is 0.0740. The first kappa shape index (κ1) is 14.0. The summed E-state index contributed by atoms with van der Waals surface area (Å²) in [6.07, 6.45) is -0.497. The molecule has 0 aliphatic carbocycles. The average molecular weight is 259 g/mol. The van der Waals surface area contributed by atoms with Crippen molar-refractivity contribution in [2.45, 2.75) is 32.0 Å². The van der Waals surface area contributed by atoms with Crippen LogP contribution in [0.1, 0.15) is 41.8 Å². The van der Waals surface area contributed by atoms with E-state index in [1.165, 1.54) is 6.07 Å². The van der Waals surface area contributed by atoms with Gasteiger partial charge in [0.15, 0.2) is 0 Å². The van der Waals surface area contributed by atoms with Gasteiger partial charge in [0.05, 0.1) is 17.8 Å². The number of halogens is 1. The Labute approximate surface area is 105 Å². The lowest BCUT2D eigenvalue weighted by Crippen LogP contribution is -2.10. The number of aliphatic hydroxyl groups excluding tert-OH is 2. The molecular weight excluding hydrogens is 244 g/mol. The molecule has 17 heavy (non-hydrogen) atoms. The van der Waals surface area contributed by atoms with Crippen molar-refractivity contribution in [3.05, 3.63) is 35.4 Å². The Hall–Kier alpha value is -1.10. The molecular formula is C12H15ClO4. The predicted molar refractivity (Wildman–Crippen MR) is 63.6 cm³/mol. The number of aliphatic hydroxyl groups is 2. The minimum absolute atomic E-state index is 0.237. The Morgan fingerprint density at radius 1 is 1.35 bits per heavy atom. The standard InChI is InChI=1S/C12H15ClO4/c1-8(14)6-7-11(15)9-4-2-3-5-10(9)12(16)17-13/h2-5,8,11,14-15H,6-7H2,1H3. The van der Waals surface area contributed by atoms with Gasteiger partial charge in [-0.2, -0.15) is 0 Å². The largest absolute Gasteiger partial charge is 0.393 e. The molecule has 0 radical (unpaired) electrons. The van der Waals surface area contributed by atoms with Crippen LogP contribution in [0.3, 0.4) is 0 Å². The number of benzene rings is 1. The zero-order chi connectivity index (χ0) is 12.8. The predicted octanol–water partition coefficient (Wildman–Crippen LogP) is 2.19. The van der Waals surface area contributed by atoms with E-state index < -0.39 is 18.2 Å². The van der Waals surface area contributed by atoms with Gasteiger partial charge in [0.1, 0.15) is 11.9 Å². The summed E-state index contributed by atoms with van der Waals surface area (Å²) in [6.45, 7) is 1.64. The Morgan fingerprint density at radius 3 is 2.59 bits per heavy atom. The van der Waals surface area contributed by atoms with Crippen molar-refractivity contribution >= 4 is 17.8 Å². The molecule has 0 amide bonds. The van der Waals surface area contributed by atoms with Crippen LogP contribution in [0.4, 0.5) is 0 Å². The van der Waals surface area contributed by atoms with Crippen molar-refractivity contribution in [2.24, 2.45) is 0 Å². The molecule has 0 saturated heterocycles. The van der Waals surface area contributed by atoms with Crippen molar-refractivity contribution in [1.29, 1.82) is 0 Å². The van der Waals surface area contributed by atoms with Gasteiger partial charge in [0.25, 0.3) is 0 Å². The minimum Gasteiger partial charge on any atom is -0.393 e. The van der Waals surface area contributed by atoms with Crippen LogP contribution in [-0.4, -0.2) is 22.3 Å². The van der Waals surface area contributed by atoms with Crippen molar-refractivity contribution in [3.8, 4) is 0 Å². The van der Waals surface area contributed by atoms with Gasteiger partial charge in [-0.1, -0.05) is 18.2 Å². The van der Waals surface area contributed by atoms with Crippen LogP contribution >= 0.6 is 11.9 Å². The van der Waals surface area contributed by atoms with E-state index in [2.05, 4.69) is 4.29 Å². The van der Waals surface area contributed by atoms with Crippen molar-refractivity contribution in [1.82, 2.24) is 0 Å². The second-order valence-corrected chi connectivity index (χ2v) is 4.05. The van der Waals surface area contributed by atoms with E-state index in [0.29, 0.717) is 18.4 Å². The highest BCUT2D eigenvalue weighted by Crippen LogP contribution is 2.23. The van der Waals surface area contributed by atoms with E-state index >= 15 is 0 Å². The SMILES string of the molecule is CC(O)CCC(O)c1ccccc1C(=O)OCl. The molecule has 2 atom stereocenters. The number of carbonyl (C=O) groups excluding carboxylic acids is 1. The average Bonchev–Trinajstić information content (AvgIpc) is 2.34. The maximum absolute atomic E-state index is 11.4. The summed E-state index contributed by atoms with van der Waals surface area (Å²) in [5.41, 5.74) is 0.694. The third kappa shape index (κ3) is 4.00. The highest BCUT2D eigenvalue weighted by molar-refractivity contribution is 6.16. The molecule has 1 aromatic rings. The van der Waals surface area contributed by atoms with Crippen LogP contribution in [0.5, 0.6) is 0 Å². The van der Waals surface area contributed by atoms with Crippen LogP contribution in [0.15, 0.2) is 24.3 Å². The van der Waals surface area contributed by atoms with Crippen molar-refractivity contribution < 1.29 is 19.3 Å². The molecule has 0 aromatic heterocycles. The van der Waals surface area contributed by atoms with Gasteiger partial charge in [-0.15, -0.1) is 0 Å². The van der Waals surface area contributed by atoms with Gasteiger partial charge in [-0.3, -0.25) is 0 Å². The zero-order valence-corrected chi connectivity index (χ0v) is 10.2. The Kier molecular flexibility index (Phi) is 5.41. The molecule has 0 aliphatic rings. The highest BCUT2D eigenvalue weighted by Gasteiger charge is 2.18. The van der Waals surface area contributed by atoms with E-state index in [1.807, 2.05) is 0 Å². The molecule has 1 aromatic carbocycles. The van der Waals surface area contributed by atoms with E-state index in [4.69, 9.17) is 17.0 Å². The molecule has 1 rings (SSSR count). The molecule has 2 N–H and O–H groups in total. The summed E-state index contributed by atoms with van der Waals surface area (Å²) in [7, 11) is 0. The lowest BCUT2D eigenvalue weighted by atomic mass is 9.98. The van der Waals surface area contributed by atoms with Gasteiger partial charge < -0.3 is 14.5 Å². The molecule has 0 bridgehead atoms. The molecule has 0 fully saturated rings. The lowest BCUT2D eigenvalue weighted by Gasteiger charge is -2.14. The molecule has 0 spiro atoms. The maximum atomic E-state index is 11.4. The topological polar surface area (TPSA) is 66.8 Å². The van der Waals surface area contributed by atoms with Gasteiger partial charge in [0.2, 0.25) is 0 Å². The van der Waals surface area contributed by atoms with Gasteiger partial charge in [-0.05, 0) is 31.4 Å². The summed E-state index contributed by atoms with van der Waals surface area (Å²) < 4.78 is 4.13. The molecule has 0 aliphatic heterocycles. The first-order valence-corrected chi connectivity index (χ1v) is 5.65. The molecule has 4 nitrogen and oxygen atoms in total. The van der Waals surface area contributed by atoms with Crippen LogP contribution < -0.4 is 0 Å². The first-order valence-electron chi connectivity index (χ1n) is 5.34. The summed E-state index contributed by atoms with van der Waals surface area (Å²) in [4.78, 5) is 11.4. The Bertz CT molecular complexity index is 379. The van der Waals surface area contributed by atoms with Crippen LogP contribution in [-0.2, 0) is 4.29 Å². The molecule has 2 unspecified atom stereocenters. The quantitative estimate of drug-likeness (QED) is 0.850. The van der Waals surface area contributed by atoms with E-state index in [0.717, 1.165) is 0 Å². The maximum Gasteiger partial charge on any atom is 0.356 e. The first-order chi connectivity index (χ1) is 8.06. The summed E-state index contributed by atoms with van der Waals surface area (Å²) >= 11 is 5.02. The second kappa shape index (κ2) is 6.59. The molecule has 5 heteroatoms. The van der Waals surface area contributed by atoms with Crippen LogP contribution in [0, 0.1) is 0 Å². The third-order valence-corrected chi connectivity index (χ3v) is 2.61. The van der Waals surface area contributed by atoms with E-state index in [1.54, 1.807) is 25.1 Å². The fourth-order valence-electron chi connectivity index (χ4n) is 1.57. The number of hydrogen-bond acceptors (Lipinski definition) is 4. The minimum atomic E-state index is -0.823. The van der Waals surface area contributed by atoms with Gasteiger partial charge in [0, 0.05) is 0 Å². The van der Waals surface area contributed by atoms with E-state index in [9.17, 15) is 9.90 Å².